The molecule has 1 unspecified atom stereocenters. The average Bonchev–Trinajstić information content (AvgIpc) is 2.90. The Bertz CT molecular complexity index is 549. The van der Waals surface area contributed by atoms with Crippen LogP contribution in [0.4, 0.5) is 0 Å². The molecule has 0 saturated heterocycles. The maximum absolute atomic E-state index is 12.1. The van der Waals surface area contributed by atoms with Crippen molar-refractivity contribution in [3.05, 3.63) is 53.3 Å². The van der Waals surface area contributed by atoms with Crippen LogP contribution in [0.3, 0.4) is 0 Å². The van der Waals surface area contributed by atoms with Crippen LogP contribution < -0.4 is 5.32 Å². The van der Waals surface area contributed by atoms with Crippen molar-refractivity contribution >= 4 is 17.5 Å². The SMILES string of the molecule is CC(C)C(NC(=O)Cn1cccn1)c1ccc(Cl)cc1. The van der Waals surface area contributed by atoms with Gasteiger partial charge in [0.2, 0.25) is 5.91 Å². The Kier molecular flexibility index (Phi) is 4.79. The summed E-state index contributed by atoms with van der Waals surface area (Å²) in [5, 5.41) is 7.77. The Hall–Kier alpha value is -1.81. The smallest absolute Gasteiger partial charge is 0.242 e. The maximum Gasteiger partial charge on any atom is 0.242 e. The molecule has 0 radical (unpaired) electrons. The molecule has 106 valence electrons. The summed E-state index contributed by atoms with van der Waals surface area (Å²) in [7, 11) is 0. The van der Waals surface area contributed by atoms with Crippen LogP contribution in [0.2, 0.25) is 5.02 Å². The molecule has 1 atom stereocenters. The second-order valence-corrected chi connectivity index (χ2v) is 5.48. The molecular formula is C15H18ClN3O. The molecule has 5 heteroatoms. The predicted octanol–water partition coefficient (Wildman–Crippen LogP) is 3.05. The monoisotopic (exact) mass is 291 g/mol. The van der Waals surface area contributed by atoms with Crippen LogP contribution >= 0.6 is 11.6 Å². The highest BCUT2D eigenvalue weighted by Crippen LogP contribution is 2.23. The van der Waals surface area contributed by atoms with Crippen molar-refractivity contribution in [2.45, 2.75) is 26.4 Å². The molecule has 0 bridgehead atoms. The molecule has 0 aliphatic heterocycles. The van der Waals surface area contributed by atoms with E-state index in [1.54, 1.807) is 23.1 Å². The Labute approximate surface area is 123 Å². The van der Waals surface area contributed by atoms with E-state index in [-0.39, 0.29) is 24.4 Å². The van der Waals surface area contributed by atoms with Crippen molar-refractivity contribution in [3.8, 4) is 0 Å². The van der Waals surface area contributed by atoms with Gasteiger partial charge in [-0.2, -0.15) is 5.10 Å². The van der Waals surface area contributed by atoms with Gasteiger partial charge in [-0.25, -0.2) is 0 Å². The zero-order valence-corrected chi connectivity index (χ0v) is 12.3. The summed E-state index contributed by atoms with van der Waals surface area (Å²) in [6.45, 7) is 4.38. The third-order valence-corrected chi connectivity index (χ3v) is 3.33. The van der Waals surface area contributed by atoms with Crippen LogP contribution in [0.5, 0.6) is 0 Å². The zero-order chi connectivity index (χ0) is 14.5. The summed E-state index contributed by atoms with van der Waals surface area (Å²) in [4.78, 5) is 12.1. The quantitative estimate of drug-likeness (QED) is 0.920. The Morgan fingerprint density at radius 3 is 2.60 bits per heavy atom. The van der Waals surface area contributed by atoms with E-state index in [2.05, 4.69) is 24.3 Å². The molecular weight excluding hydrogens is 274 g/mol. The highest BCUT2D eigenvalue weighted by Gasteiger charge is 2.18. The van der Waals surface area contributed by atoms with Gasteiger partial charge < -0.3 is 5.32 Å². The minimum absolute atomic E-state index is 0.0321. The number of hydrogen-bond donors (Lipinski definition) is 1. The van der Waals surface area contributed by atoms with Crippen molar-refractivity contribution in [2.24, 2.45) is 5.92 Å². The van der Waals surface area contributed by atoms with Crippen LogP contribution in [0, 0.1) is 5.92 Å². The van der Waals surface area contributed by atoms with E-state index in [1.165, 1.54) is 0 Å². The number of carbonyl (C=O) groups excluding carboxylic acids is 1. The summed E-state index contributed by atoms with van der Waals surface area (Å²) in [5.41, 5.74) is 1.05. The van der Waals surface area contributed by atoms with Crippen molar-refractivity contribution in [1.82, 2.24) is 15.1 Å². The fourth-order valence-electron chi connectivity index (χ4n) is 2.07. The fraction of sp³-hybridized carbons (Fsp3) is 0.333. The lowest BCUT2D eigenvalue weighted by atomic mass is 9.96. The molecule has 1 heterocycles. The molecule has 2 aromatic rings. The number of hydrogen-bond acceptors (Lipinski definition) is 2. The standard InChI is InChI=1S/C15H18ClN3O/c1-11(2)15(12-4-6-13(16)7-5-12)18-14(20)10-19-9-3-8-17-19/h3-9,11,15H,10H2,1-2H3,(H,18,20). The van der Waals surface area contributed by atoms with Gasteiger partial charge >= 0.3 is 0 Å². The number of carbonyl (C=O) groups is 1. The van der Waals surface area contributed by atoms with Crippen molar-refractivity contribution in [2.75, 3.05) is 0 Å². The predicted molar refractivity (Wildman–Crippen MR) is 79.4 cm³/mol. The Morgan fingerprint density at radius 1 is 1.35 bits per heavy atom. The minimum atomic E-state index is -0.0534. The van der Waals surface area contributed by atoms with Gasteiger partial charge in [-0.05, 0) is 29.7 Å². The first-order valence-electron chi connectivity index (χ1n) is 6.58. The summed E-state index contributed by atoms with van der Waals surface area (Å²) in [6, 6.07) is 9.34. The molecule has 0 spiro atoms. The number of benzene rings is 1. The van der Waals surface area contributed by atoms with E-state index in [9.17, 15) is 4.79 Å². The van der Waals surface area contributed by atoms with Crippen molar-refractivity contribution in [3.63, 3.8) is 0 Å². The summed E-state index contributed by atoms with van der Waals surface area (Å²) in [6.07, 6.45) is 3.43. The van der Waals surface area contributed by atoms with Gasteiger partial charge in [0.05, 0.1) is 6.04 Å². The molecule has 1 amide bonds. The molecule has 4 nitrogen and oxygen atoms in total. The van der Waals surface area contributed by atoms with Gasteiger partial charge in [-0.15, -0.1) is 0 Å². The van der Waals surface area contributed by atoms with Crippen LogP contribution in [0.1, 0.15) is 25.5 Å². The second-order valence-electron chi connectivity index (χ2n) is 5.04. The molecule has 0 fully saturated rings. The van der Waals surface area contributed by atoms with Gasteiger partial charge in [0, 0.05) is 17.4 Å². The van der Waals surface area contributed by atoms with Gasteiger partial charge in [0.25, 0.3) is 0 Å². The van der Waals surface area contributed by atoms with E-state index in [4.69, 9.17) is 11.6 Å². The first kappa shape index (κ1) is 14.6. The highest BCUT2D eigenvalue weighted by molar-refractivity contribution is 6.30. The lowest BCUT2D eigenvalue weighted by Gasteiger charge is -2.23. The molecule has 1 aromatic heterocycles. The first-order valence-corrected chi connectivity index (χ1v) is 6.96. The third kappa shape index (κ3) is 3.84. The first-order chi connectivity index (χ1) is 9.56. The maximum atomic E-state index is 12.1. The summed E-state index contributed by atoms with van der Waals surface area (Å²) in [5.74, 6) is 0.236. The number of rotatable bonds is 5. The number of aromatic nitrogens is 2. The molecule has 20 heavy (non-hydrogen) atoms. The topological polar surface area (TPSA) is 46.9 Å². The van der Waals surface area contributed by atoms with Crippen molar-refractivity contribution in [1.29, 1.82) is 0 Å². The molecule has 1 N–H and O–H groups in total. The third-order valence-electron chi connectivity index (χ3n) is 3.08. The largest absolute Gasteiger partial charge is 0.347 e. The Morgan fingerprint density at radius 2 is 2.05 bits per heavy atom. The number of nitrogens with zero attached hydrogens (tertiary/aromatic N) is 2. The number of nitrogens with one attached hydrogen (secondary N) is 1. The van der Waals surface area contributed by atoms with E-state index < -0.39 is 0 Å². The molecule has 0 aliphatic carbocycles. The average molecular weight is 292 g/mol. The fourth-order valence-corrected chi connectivity index (χ4v) is 2.19. The lowest BCUT2D eigenvalue weighted by molar-refractivity contribution is -0.122. The van der Waals surface area contributed by atoms with Gasteiger partial charge in [-0.1, -0.05) is 37.6 Å². The molecule has 0 saturated carbocycles. The van der Waals surface area contributed by atoms with E-state index in [1.807, 2.05) is 24.3 Å². The number of halogens is 1. The van der Waals surface area contributed by atoms with Crippen LogP contribution in [0.25, 0.3) is 0 Å². The van der Waals surface area contributed by atoms with Gasteiger partial charge in [0.1, 0.15) is 6.54 Å². The van der Waals surface area contributed by atoms with Crippen LogP contribution in [-0.4, -0.2) is 15.7 Å². The zero-order valence-electron chi connectivity index (χ0n) is 11.6. The summed E-state index contributed by atoms with van der Waals surface area (Å²) < 4.78 is 1.61. The highest BCUT2D eigenvalue weighted by atomic mass is 35.5. The molecule has 2 rings (SSSR count). The lowest BCUT2D eigenvalue weighted by Crippen LogP contribution is -2.34. The van der Waals surface area contributed by atoms with E-state index in [0.717, 1.165) is 5.56 Å². The normalized spacial score (nSPS) is 12.4. The molecule has 1 aromatic carbocycles. The van der Waals surface area contributed by atoms with Crippen LogP contribution in [-0.2, 0) is 11.3 Å². The number of amides is 1. The van der Waals surface area contributed by atoms with Crippen molar-refractivity contribution < 1.29 is 4.79 Å². The minimum Gasteiger partial charge on any atom is -0.347 e. The van der Waals surface area contributed by atoms with Gasteiger partial charge in [0.15, 0.2) is 0 Å². The van der Waals surface area contributed by atoms with E-state index in [0.29, 0.717) is 5.02 Å². The molecule has 0 aliphatic rings. The summed E-state index contributed by atoms with van der Waals surface area (Å²) >= 11 is 5.90. The Balaban J connectivity index is 2.05. The van der Waals surface area contributed by atoms with Gasteiger partial charge in [-0.3, -0.25) is 9.48 Å². The second kappa shape index (κ2) is 6.57. The van der Waals surface area contributed by atoms with Crippen LogP contribution in [0.15, 0.2) is 42.7 Å². The van der Waals surface area contributed by atoms with E-state index >= 15 is 0 Å².